The van der Waals surface area contributed by atoms with E-state index in [0.717, 1.165) is 0 Å². The SMILES string of the molecule is O=S1(=O)OC(F)C1(F)F. The smallest absolute Gasteiger partial charge is 0.220 e. The molecule has 1 heterocycles. The molecule has 54 valence electrons. The Kier molecular flexibility index (Phi) is 1.06. The van der Waals surface area contributed by atoms with E-state index >= 15 is 0 Å². The highest BCUT2D eigenvalue weighted by Crippen LogP contribution is 2.40. The fourth-order valence-electron chi connectivity index (χ4n) is 0.302. The van der Waals surface area contributed by atoms with Gasteiger partial charge in [-0.25, -0.2) is 8.57 Å². The average molecular weight is 162 g/mol. The van der Waals surface area contributed by atoms with E-state index in [1.165, 1.54) is 0 Å². The average Bonchev–Trinajstić information content (AvgIpc) is 1.65. The monoisotopic (exact) mass is 162 g/mol. The van der Waals surface area contributed by atoms with E-state index in [-0.39, 0.29) is 0 Å². The van der Waals surface area contributed by atoms with Crippen molar-refractivity contribution in [1.29, 1.82) is 0 Å². The van der Waals surface area contributed by atoms with Crippen molar-refractivity contribution < 1.29 is 25.8 Å². The normalized spacial score (nSPS) is 37.4. The van der Waals surface area contributed by atoms with Gasteiger partial charge in [-0.3, -0.25) is 0 Å². The first kappa shape index (κ1) is 6.81. The molecule has 0 aliphatic carbocycles. The summed E-state index contributed by atoms with van der Waals surface area (Å²) in [6.07, 6.45) is -3.00. The van der Waals surface area contributed by atoms with Crippen LogP contribution in [0.3, 0.4) is 0 Å². The predicted octanol–water partition coefficient (Wildman–Crippen LogP) is 0.235. The highest BCUT2D eigenvalue weighted by Gasteiger charge is 2.67. The van der Waals surface area contributed by atoms with E-state index in [2.05, 4.69) is 4.18 Å². The maximum Gasteiger partial charge on any atom is 0.425 e. The van der Waals surface area contributed by atoms with Gasteiger partial charge in [-0.2, -0.15) is 17.2 Å². The van der Waals surface area contributed by atoms with Gasteiger partial charge in [0, 0.05) is 0 Å². The Morgan fingerprint density at radius 1 is 1.44 bits per heavy atom. The zero-order valence-corrected chi connectivity index (χ0v) is 4.66. The molecule has 1 aliphatic heterocycles. The highest BCUT2D eigenvalue weighted by molar-refractivity contribution is 7.89. The molecule has 1 unspecified atom stereocenters. The van der Waals surface area contributed by atoms with Gasteiger partial charge < -0.3 is 0 Å². The third-order valence-electron chi connectivity index (χ3n) is 0.809. The second-order valence-electron chi connectivity index (χ2n) is 1.43. The molecule has 0 saturated carbocycles. The molecule has 0 radical (unpaired) electrons. The molecule has 0 bridgehead atoms. The molecule has 1 atom stereocenters. The van der Waals surface area contributed by atoms with Crippen molar-refractivity contribution in [3.05, 3.63) is 0 Å². The lowest BCUT2D eigenvalue weighted by molar-refractivity contribution is -0.152. The second-order valence-corrected chi connectivity index (χ2v) is 3.07. The minimum absolute atomic E-state index is 3.00. The van der Waals surface area contributed by atoms with Gasteiger partial charge in [0.15, 0.2) is 0 Å². The fraction of sp³-hybridized carbons (Fsp3) is 1.00. The molecule has 1 aliphatic rings. The van der Waals surface area contributed by atoms with E-state index in [0.29, 0.717) is 0 Å². The van der Waals surface area contributed by atoms with Crippen LogP contribution >= 0.6 is 0 Å². The largest absolute Gasteiger partial charge is 0.425 e. The summed E-state index contributed by atoms with van der Waals surface area (Å²) >= 11 is 0. The quantitative estimate of drug-likeness (QED) is 0.479. The Hall–Kier alpha value is -0.300. The molecule has 0 aromatic rings. The first-order chi connectivity index (χ1) is 3.88. The summed E-state index contributed by atoms with van der Waals surface area (Å²) < 4.78 is 57.3. The summed E-state index contributed by atoms with van der Waals surface area (Å²) in [5.41, 5.74) is 0. The molecule has 0 N–H and O–H groups in total. The van der Waals surface area contributed by atoms with Gasteiger partial charge in [-0.05, 0) is 0 Å². The highest BCUT2D eigenvalue weighted by atomic mass is 32.2. The minimum Gasteiger partial charge on any atom is -0.220 e. The number of rotatable bonds is 0. The van der Waals surface area contributed by atoms with E-state index in [1.807, 2.05) is 0 Å². The van der Waals surface area contributed by atoms with Crippen LogP contribution in [0.25, 0.3) is 0 Å². The zero-order valence-electron chi connectivity index (χ0n) is 3.84. The lowest BCUT2D eigenvalue weighted by Gasteiger charge is -2.28. The van der Waals surface area contributed by atoms with Gasteiger partial charge >= 0.3 is 15.4 Å². The molecular formula is C2HF3O3S. The molecule has 0 amide bonds. The number of hydrogen-bond donors (Lipinski definition) is 0. The molecule has 1 saturated heterocycles. The molecule has 7 heteroatoms. The predicted molar refractivity (Wildman–Crippen MR) is 19.8 cm³/mol. The molecule has 9 heavy (non-hydrogen) atoms. The molecule has 0 aromatic heterocycles. The Morgan fingerprint density at radius 3 is 1.89 bits per heavy atom. The van der Waals surface area contributed by atoms with Crippen molar-refractivity contribution in [2.75, 3.05) is 0 Å². The summed E-state index contributed by atoms with van der Waals surface area (Å²) in [5, 5.41) is -4.34. The van der Waals surface area contributed by atoms with Crippen LogP contribution in [0.1, 0.15) is 0 Å². The standard InChI is InChI=1S/C2HF3O3S/c3-1-2(4,5)9(6,7)8-1/h1H. The summed E-state index contributed by atoms with van der Waals surface area (Å²) in [7, 11) is -4.92. The Morgan fingerprint density at radius 2 is 1.89 bits per heavy atom. The summed E-state index contributed by atoms with van der Waals surface area (Å²) in [6, 6.07) is 0. The van der Waals surface area contributed by atoms with Gasteiger partial charge in [0.05, 0.1) is 0 Å². The lowest BCUT2D eigenvalue weighted by Crippen LogP contribution is -2.53. The van der Waals surface area contributed by atoms with Gasteiger partial charge in [-0.15, -0.1) is 0 Å². The van der Waals surface area contributed by atoms with Crippen molar-refractivity contribution in [3.63, 3.8) is 0 Å². The summed E-state index contributed by atoms with van der Waals surface area (Å²) in [6.45, 7) is 0. The van der Waals surface area contributed by atoms with Gasteiger partial charge in [-0.1, -0.05) is 0 Å². The fourth-order valence-corrected chi connectivity index (χ4v) is 0.906. The summed E-state index contributed by atoms with van der Waals surface area (Å²) in [5.74, 6) is 0. The van der Waals surface area contributed by atoms with Crippen molar-refractivity contribution >= 4 is 10.1 Å². The van der Waals surface area contributed by atoms with Crippen molar-refractivity contribution in [2.45, 2.75) is 11.6 Å². The molecule has 0 aromatic carbocycles. The molecular weight excluding hydrogens is 161 g/mol. The third kappa shape index (κ3) is 0.645. The van der Waals surface area contributed by atoms with Crippen LogP contribution < -0.4 is 0 Å². The van der Waals surface area contributed by atoms with Gasteiger partial charge in [0.1, 0.15) is 0 Å². The Bertz CT molecular complexity index is 219. The number of halogens is 3. The van der Waals surface area contributed by atoms with Crippen LogP contribution in [0.4, 0.5) is 13.2 Å². The minimum atomic E-state index is -4.92. The second kappa shape index (κ2) is 1.40. The molecule has 0 spiro atoms. The Labute approximate surface area is 48.5 Å². The van der Waals surface area contributed by atoms with Crippen LogP contribution in [0, 0.1) is 0 Å². The first-order valence-electron chi connectivity index (χ1n) is 1.82. The van der Waals surface area contributed by atoms with Crippen LogP contribution in [0.15, 0.2) is 0 Å². The van der Waals surface area contributed by atoms with Crippen molar-refractivity contribution in [3.8, 4) is 0 Å². The van der Waals surface area contributed by atoms with E-state index < -0.39 is 21.7 Å². The Balaban J connectivity index is 2.96. The van der Waals surface area contributed by atoms with Crippen LogP contribution in [0.5, 0.6) is 0 Å². The maximum atomic E-state index is 11.6. The first-order valence-corrected chi connectivity index (χ1v) is 3.23. The third-order valence-corrected chi connectivity index (χ3v) is 2.08. The van der Waals surface area contributed by atoms with Crippen LogP contribution in [0.2, 0.25) is 0 Å². The lowest BCUT2D eigenvalue weighted by atomic mass is 10.7. The number of hydrogen-bond acceptors (Lipinski definition) is 3. The topological polar surface area (TPSA) is 43.4 Å². The number of alkyl halides is 3. The zero-order chi connectivity index (χ0) is 7.28. The molecule has 1 fully saturated rings. The van der Waals surface area contributed by atoms with Gasteiger partial charge in [0.2, 0.25) is 0 Å². The van der Waals surface area contributed by atoms with Crippen LogP contribution in [-0.4, -0.2) is 20.0 Å². The van der Waals surface area contributed by atoms with Crippen molar-refractivity contribution in [2.24, 2.45) is 0 Å². The van der Waals surface area contributed by atoms with E-state index in [9.17, 15) is 21.6 Å². The van der Waals surface area contributed by atoms with Gasteiger partial charge in [0.25, 0.3) is 6.36 Å². The molecule has 1 rings (SSSR count). The van der Waals surface area contributed by atoms with E-state index in [4.69, 9.17) is 0 Å². The molecule has 3 nitrogen and oxygen atoms in total. The van der Waals surface area contributed by atoms with Crippen LogP contribution in [-0.2, 0) is 14.3 Å². The summed E-state index contributed by atoms with van der Waals surface area (Å²) in [4.78, 5) is 0. The van der Waals surface area contributed by atoms with E-state index in [1.54, 1.807) is 0 Å². The maximum absolute atomic E-state index is 11.6. The van der Waals surface area contributed by atoms with Crippen molar-refractivity contribution in [1.82, 2.24) is 0 Å².